The van der Waals surface area contributed by atoms with Crippen molar-refractivity contribution in [1.82, 2.24) is 5.32 Å². The van der Waals surface area contributed by atoms with E-state index in [-0.39, 0.29) is 6.03 Å². The average Bonchev–Trinajstić information content (AvgIpc) is 2.63. The van der Waals surface area contributed by atoms with Gasteiger partial charge in [-0.25, -0.2) is 4.79 Å². The molecule has 0 aliphatic heterocycles. The number of rotatable bonds is 9. The van der Waals surface area contributed by atoms with Gasteiger partial charge in [-0.1, -0.05) is 41.4 Å². The Labute approximate surface area is 176 Å². The smallest absolute Gasteiger partial charge is 0.319 e. The lowest BCUT2D eigenvalue weighted by Gasteiger charge is -2.27. The van der Waals surface area contributed by atoms with Crippen LogP contribution in [-0.2, 0) is 21.6 Å². The van der Waals surface area contributed by atoms with Gasteiger partial charge >= 0.3 is 6.03 Å². The lowest BCUT2D eigenvalue weighted by molar-refractivity contribution is 0.0453. The van der Waals surface area contributed by atoms with Crippen molar-refractivity contribution in [2.45, 2.75) is 32.9 Å². The zero-order chi connectivity index (χ0) is 20.6. The highest BCUT2D eigenvalue weighted by Crippen LogP contribution is 2.28. The molecule has 0 aromatic heterocycles. The normalized spacial score (nSPS) is 11.3. The molecule has 28 heavy (non-hydrogen) atoms. The van der Waals surface area contributed by atoms with Crippen molar-refractivity contribution in [1.29, 1.82) is 0 Å². The minimum absolute atomic E-state index is 0.314. The summed E-state index contributed by atoms with van der Waals surface area (Å²) in [6, 6.07) is 12.5. The summed E-state index contributed by atoms with van der Waals surface area (Å²) in [5, 5.41) is 6.74. The predicted molar refractivity (Wildman–Crippen MR) is 114 cm³/mol. The van der Waals surface area contributed by atoms with E-state index in [1.54, 1.807) is 12.1 Å². The Morgan fingerprint density at radius 2 is 1.79 bits per heavy atom. The molecule has 0 atom stereocenters. The van der Waals surface area contributed by atoms with Crippen molar-refractivity contribution >= 4 is 34.9 Å². The first kappa shape index (κ1) is 22.5. The van der Waals surface area contributed by atoms with E-state index in [1.165, 1.54) is 0 Å². The van der Waals surface area contributed by atoms with Crippen molar-refractivity contribution in [3.05, 3.63) is 63.6 Å². The molecule has 0 spiro atoms. The number of urea groups is 1. The Kier molecular flexibility index (Phi) is 8.58. The number of hydrogen-bond acceptors (Lipinski definition) is 3. The molecule has 0 saturated carbocycles. The van der Waals surface area contributed by atoms with Crippen molar-refractivity contribution in [2.75, 3.05) is 25.1 Å². The third kappa shape index (κ3) is 6.99. The van der Waals surface area contributed by atoms with Crippen molar-refractivity contribution in [3.63, 3.8) is 0 Å². The number of nitrogens with one attached hydrogen (secondary N) is 2. The lowest BCUT2D eigenvalue weighted by atomic mass is 9.94. The molecule has 2 aromatic rings. The Hall–Kier alpha value is -1.79. The molecule has 2 amide bonds. The summed E-state index contributed by atoms with van der Waals surface area (Å²) in [5.41, 5.74) is 1.89. The van der Waals surface area contributed by atoms with E-state index in [2.05, 4.69) is 10.6 Å². The third-order valence-electron chi connectivity index (χ3n) is 4.10. The van der Waals surface area contributed by atoms with Crippen LogP contribution >= 0.6 is 23.2 Å². The largest absolute Gasteiger partial charge is 0.379 e. The Balaban J connectivity index is 1.93. The van der Waals surface area contributed by atoms with E-state index in [4.69, 9.17) is 32.7 Å². The summed E-state index contributed by atoms with van der Waals surface area (Å²) in [4.78, 5) is 12.5. The Morgan fingerprint density at radius 3 is 2.50 bits per heavy atom. The monoisotopic (exact) mass is 424 g/mol. The van der Waals surface area contributed by atoms with Gasteiger partial charge in [0.2, 0.25) is 0 Å². The number of halogens is 2. The van der Waals surface area contributed by atoms with Crippen LogP contribution in [0.1, 0.15) is 31.9 Å². The molecule has 2 rings (SSSR count). The number of carbonyl (C=O) groups excluding carboxylic acids is 1. The number of carbonyl (C=O) groups is 1. The highest BCUT2D eigenvalue weighted by Gasteiger charge is 2.23. The van der Waals surface area contributed by atoms with Crippen LogP contribution in [0.15, 0.2) is 42.5 Å². The summed E-state index contributed by atoms with van der Waals surface area (Å²) >= 11 is 12.1. The van der Waals surface area contributed by atoms with Crippen LogP contribution in [0.25, 0.3) is 0 Å². The van der Waals surface area contributed by atoms with Gasteiger partial charge in [0.05, 0.1) is 35.4 Å². The summed E-state index contributed by atoms with van der Waals surface area (Å²) in [7, 11) is 0. The van der Waals surface area contributed by atoms with E-state index in [0.29, 0.717) is 42.2 Å². The van der Waals surface area contributed by atoms with E-state index in [0.717, 1.165) is 11.1 Å². The van der Waals surface area contributed by atoms with Crippen LogP contribution in [0, 0.1) is 0 Å². The highest BCUT2D eigenvalue weighted by molar-refractivity contribution is 6.42. The third-order valence-corrected chi connectivity index (χ3v) is 4.84. The SMILES string of the molecule is CCOCCOCc1cccc(NC(=O)NC(C)(C)c2ccc(Cl)c(Cl)c2)c1. The molecule has 0 heterocycles. The predicted octanol–water partition coefficient (Wildman–Crippen LogP) is 5.60. The van der Waals surface area contributed by atoms with Crippen LogP contribution in [0.5, 0.6) is 0 Å². The van der Waals surface area contributed by atoms with Gasteiger partial charge in [0, 0.05) is 12.3 Å². The first-order valence-electron chi connectivity index (χ1n) is 9.11. The van der Waals surface area contributed by atoms with Crippen LogP contribution in [-0.4, -0.2) is 25.9 Å². The van der Waals surface area contributed by atoms with Crippen LogP contribution < -0.4 is 10.6 Å². The number of amides is 2. The molecule has 5 nitrogen and oxygen atoms in total. The molecule has 0 bridgehead atoms. The topological polar surface area (TPSA) is 59.6 Å². The summed E-state index contributed by atoms with van der Waals surface area (Å²) in [5.74, 6) is 0. The summed E-state index contributed by atoms with van der Waals surface area (Å²) in [6.07, 6.45) is 0. The van der Waals surface area contributed by atoms with Gasteiger partial charge in [0.15, 0.2) is 0 Å². The second-order valence-corrected chi connectivity index (χ2v) is 7.60. The van der Waals surface area contributed by atoms with Gasteiger partial charge in [-0.2, -0.15) is 0 Å². The molecule has 0 radical (unpaired) electrons. The zero-order valence-corrected chi connectivity index (χ0v) is 17.9. The zero-order valence-electron chi connectivity index (χ0n) is 16.4. The molecule has 2 N–H and O–H groups in total. The molecular formula is C21H26Cl2N2O3. The highest BCUT2D eigenvalue weighted by atomic mass is 35.5. The minimum Gasteiger partial charge on any atom is -0.379 e. The van der Waals surface area contributed by atoms with Crippen molar-refractivity contribution in [2.24, 2.45) is 0 Å². The molecule has 0 unspecified atom stereocenters. The second-order valence-electron chi connectivity index (χ2n) is 6.78. The number of benzene rings is 2. The van der Waals surface area contributed by atoms with Crippen LogP contribution in [0.4, 0.5) is 10.5 Å². The standard InChI is InChI=1S/C21H26Cl2N2O3/c1-4-27-10-11-28-14-15-6-5-7-17(12-15)24-20(26)25-21(2,3)16-8-9-18(22)19(23)13-16/h5-9,12-13H,4,10-11,14H2,1-3H3,(H2,24,25,26). The lowest BCUT2D eigenvalue weighted by Crippen LogP contribution is -2.43. The number of ether oxygens (including phenoxy) is 2. The molecule has 0 saturated heterocycles. The van der Waals surface area contributed by atoms with Gasteiger partial charge < -0.3 is 20.1 Å². The van der Waals surface area contributed by atoms with Crippen LogP contribution in [0.2, 0.25) is 10.0 Å². The Bertz CT molecular complexity index is 797. The number of anilines is 1. The summed E-state index contributed by atoms with van der Waals surface area (Å²) < 4.78 is 10.8. The first-order valence-corrected chi connectivity index (χ1v) is 9.86. The molecular weight excluding hydrogens is 399 g/mol. The minimum atomic E-state index is -0.627. The fourth-order valence-corrected chi connectivity index (χ4v) is 2.89. The van der Waals surface area contributed by atoms with E-state index in [1.807, 2.05) is 51.1 Å². The van der Waals surface area contributed by atoms with Crippen LogP contribution in [0.3, 0.4) is 0 Å². The quantitative estimate of drug-likeness (QED) is 0.514. The molecule has 0 fully saturated rings. The maximum absolute atomic E-state index is 12.5. The van der Waals surface area contributed by atoms with Gasteiger partial charge in [0.25, 0.3) is 0 Å². The fourth-order valence-electron chi connectivity index (χ4n) is 2.59. The van der Waals surface area contributed by atoms with Gasteiger partial charge in [-0.3, -0.25) is 0 Å². The molecule has 2 aromatic carbocycles. The van der Waals surface area contributed by atoms with E-state index in [9.17, 15) is 4.79 Å². The maximum Gasteiger partial charge on any atom is 0.319 e. The van der Waals surface area contributed by atoms with Crippen molar-refractivity contribution < 1.29 is 14.3 Å². The molecule has 0 aliphatic carbocycles. The maximum atomic E-state index is 12.5. The Morgan fingerprint density at radius 1 is 1.04 bits per heavy atom. The molecule has 7 heteroatoms. The fraction of sp³-hybridized carbons (Fsp3) is 0.381. The first-order chi connectivity index (χ1) is 13.3. The van der Waals surface area contributed by atoms with E-state index < -0.39 is 5.54 Å². The average molecular weight is 425 g/mol. The summed E-state index contributed by atoms with van der Waals surface area (Å²) in [6.45, 7) is 7.98. The van der Waals surface area contributed by atoms with E-state index >= 15 is 0 Å². The van der Waals surface area contributed by atoms with Gasteiger partial charge in [-0.15, -0.1) is 0 Å². The van der Waals surface area contributed by atoms with Gasteiger partial charge in [0.1, 0.15) is 0 Å². The second kappa shape index (κ2) is 10.7. The van der Waals surface area contributed by atoms with Gasteiger partial charge in [-0.05, 0) is 56.2 Å². The van der Waals surface area contributed by atoms with Crippen molar-refractivity contribution in [3.8, 4) is 0 Å². The molecule has 152 valence electrons. The molecule has 0 aliphatic rings. The number of hydrogen-bond donors (Lipinski definition) is 2.